The van der Waals surface area contributed by atoms with Gasteiger partial charge in [-0.25, -0.2) is 4.79 Å². The molecule has 2 aromatic heterocycles. The van der Waals surface area contributed by atoms with Gasteiger partial charge in [0.05, 0.1) is 38.5 Å². The van der Waals surface area contributed by atoms with Crippen LogP contribution in [-0.2, 0) is 6.18 Å². The van der Waals surface area contributed by atoms with Gasteiger partial charge in [0.25, 0.3) is 5.82 Å². The monoisotopic (exact) mass is 433 g/mol. The van der Waals surface area contributed by atoms with Crippen LogP contribution in [0.2, 0.25) is 0 Å². The van der Waals surface area contributed by atoms with Crippen LogP contribution in [0.4, 0.5) is 13.2 Å². The van der Waals surface area contributed by atoms with Crippen LogP contribution in [0.1, 0.15) is 47.4 Å². The van der Waals surface area contributed by atoms with Crippen molar-refractivity contribution in [1.29, 1.82) is 0 Å². The Morgan fingerprint density at radius 3 is 2.55 bits per heavy atom. The van der Waals surface area contributed by atoms with E-state index in [-0.39, 0.29) is 22.1 Å². The lowest BCUT2D eigenvalue weighted by Crippen LogP contribution is -2.54. The fourth-order valence-electron chi connectivity index (χ4n) is 4.27. The lowest BCUT2D eigenvalue weighted by Gasteiger charge is -2.38. The number of hydrogen-bond acceptors (Lipinski definition) is 4. The number of likely N-dealkylation sites (tertiary alicyclic amines) is 1. The molecule has 0 saturated carbocycles. The largest absolute Gasteiger partial charge is 0.492 e. The summed E-state index contributed by atoms with van der Waals surface area (Å²) in [4.78, 5) is 13.4. The SMILES string of the molecule is CCOc1ccc2nnc(C(=O)[N+]3(C)CCC(c4ccccc4C(F)(F)F)CC3)n2c1. The third-order valence-corrected chi connectivity index (χ3v) is 6.02. The number of ether oxygens (including phenoxy) is 1. The average Bonchev–Trinajstić information content (AvgIpc) is 3.16. The van der Waals surface area contributed by atoms with E-state index in [0.717, 1.165) is 6.07 Å². The van der Waals surface area contributed by atoms with Gasteiger partial charge in [0, 0.05) is 12.8 Å². The smallest absolute Gasteiger partial charge is 0.416 e. The van der Waals surface area contributed by atoms with E-state index in [0.29, 0.717) is 49.5 Å². The predicted octanol–water partition coefficient (Wildman–Crippen LogP) is 4.31. The van der Waals surface area contributed by atoms with Crippen LogP contribution in [0.3, 0.4) is 0 Å². The Balaban J connectivity index is 1.56. The predicted molar refractivity (Wildman–Crippen MR) is 108 cm³/mol. The Labute approximate surface area is 177 Å². The molecule has 0 atom stereocenters. The zero-order chi connectivity index (χ0) is 22.2. The first kappa shape index (κ1) is 21.3. The molecule has 0 N–H and O–H groups in total. The van der Waals surface area contributed by atoms with E-state index >= 15 is 0 Å². The third-order valence-electron chi connectivity index (χ3n) is 6.02. The highest BCUT2D eigenvalue weighted by Gasteiger charge is 2.42. The van der Waals surface area contributed by atoms with E-state index in [4.69, 9.17) is 4.74 Å². The van der Waals surface area contributed by atoms with Crippen molar-refractivity contribution in [3.05, 3.63) is 59.5 Å². The molecule has 1 saturated heterocycles. The van der Waals surface area contributed by atoms with Gasteiger partial charge < -0.3 is 4.74 Å². The number of pyridine rings is 1. The quantitative estimate of drug-likeness (QED) is 0.576. The maximum absolute atomic E-state index is 13.4. The average molecular weight is 433 g/mol. The molecule has 4 rings (SSSR count). The summed E-state index contributed by atoms with van der Waals surface area (Å²) in [7, 11) is 1.81. The summed E-state index contributed by atoms with van der Waals surface area (Å²) < 4.78 is 47.4. The number of hydrogen-bond donors (Lipinski definition) is 0. The van der Waals surface area contributed by atoms with E-state index in [9.17, 15) is 18.0 Å². The number of halogens is 3. The van der Waals surface area contributed by atoms with Crippen molar-refractivity contribution >= 4 is 11.6 Å². The highest BCUT2D eigenvalue weighted by molar-refractivity contribution is 5.85. The standard InChI is InChI=1S/C22H24F3N4O2/c1-3-31-16-8-9-19-26-27-20(28(19)14-16)21(30)29(2)12-10-15(11-13-29)17-6-4-5-7-18(17)22(23,24)25/h4-9,14-15H,3,10-13H2,1-2H3/q+1. The van der Waals surface area contributed by atoms with Gasteiger partial charge in [-0.3, -0.25) is 8.88 Å². The van der Waals surface area contributed by atoms with Gasteiger partial charge >= 0.3 is 12.1 Å². The number of alkyl halides is 3. The Morgan fingerprint density at radius 1 is 1.16 bits per heavy atom. The van der Waals surface area contributed by atoms with Gasteiger partial charge in [-0.2, -0.15) is 13.2 Å². The second-order valence-corrected chi connectivity index (χ2v) is 8.06. The van der Waals surface area contributed by atoms with Crippen molar-refractivity contribution in [3.63, 3.8) is 0 Å². The van der Waals surface area contributed by atoms with Crippen LogP contribution in [0, 0.1) is 0 Å². The van der Waals surface area contributed by atoms with Crippen molar-refractivity contribution < 1.29 is 27.2 Å². The summed E-state index contributed by atoms with van der Waals surface area (Å²) in [5, 5.41) is 8.15. The number of quaternary nitrogens is 1. The summed E-state index contributed by atoms with van der Waals surface area (Å²) in [6.07, 6.45) is -1.74. The van der Waals surface area contributed by atoms with Crippen molar-refractivity contribution in [2.24, 2.45) is 0 Å². The molecule has 3 aromatic rings. The van der Waals surface area contributed by atoms with E-state index in [1.807, 2.05) is 14.0 Å². The van der Waals surface area contributed by atoms with Crippen LogP contribution in [0.5, 0.6) is 5.75 Å². The van der Waals surface area contributed by atoms with Gasteiger partial charge in [0.1, 0.15) is 5.75 Å². The highest BCUT2D eigenvalue weighted by atomic mass is 19.4. The van der Waals surface area contributed by atoms with Crippen LogP contribution in [-0.4, -0.2) is 51.7 Å². The van der Waals surface area contributed by atoms with Crippen LogP contribution in [0.15, 0.2) is 42.6 Å². The lowest BCUT2D eigenvalue weighted by atomic mass is 9.85. The molecule has 0 bridgehead atoms. The Kier molecular flexibility index (Phi) is 5.47. The number of rotatable bonds is 4. The Morgan fingerprint density at radius 2 is 1.87 bits per heavy atom. The number of fused-ring (bicyclic) bond motifs is 1. The first-order valence-corrected chi connectivity index (χ1v) is 10.3. The minimum atomic E-state index is -4.39. The van der Waals surface area contributed by atoms with E-state index < -0.39 is 11.7 Å². The van der Waals surface area contributed by atoms with Gasteiger partial charge in [-0.15, -0.1) is 10.2 Å². The van der Waals surface area contributed by atoms with Gasteiger partial charge in [-0.1, -0.05) is 18.2 Å². The van der Waals surface area contributed by atoms with E-state index in [1.54, 1.807) is 34.9 Å². The maximum atomic E-state index is 13.4. The van der Waals surface area contributed by atoms with Gasteiger partial charge in [-0.05, 0) is 36.6 Å². The molecule has 1 aliphatic heterocycles. The summed E-state index contributed by atoms with van der Waals surface area (Å²) >= 11 is 0. The first-order valence-electron chi connectivity index (χ1n) is 10.3. The minimum Gasteiger partial charge on any atom is -0.492 e. The first-order chi connectivity index (χ1) is 14.7. The second kappa shape index (κ2) is 7.96. The lowest BCUT2D eigenvalue weighted by molar-refractivity contribution is -0.834. The second-order valence-electron chi connectivity index (χ2n) is 8.06. The summed E-state index contributed by atoms with van der Waals surface area (Å²) in [5.41, 5.74) is 0.254. The number of aromatic nitrogens is 3. The third kappa shape index (κ3) is 4.01. The summed E-state index contributed by atoms with van der Waals surface area (Å²) in [5.74, 6) is 0.363. The van der Waals surface area contributed by atoms with Crippen molar-refractivity contribution in [2.75, 3.05) is 26.7 Å². The molecule has 164 valence electrons. The number of carbonyl (C=O) groups excluding carboxylic acids is 1. The van der Waals surface area contributed by atoms with Crippen LogP contribution >= 0.6 is 0 Å². The molecular formula is C22H24F3N4O2+. The molecule has 0 aliphatic carbocycles. The molecule has 1 fully saturated rings. The molecule has 1 aliphatic rings. The maximum Gasteiger partial charge on any atom is 0.416 e. The zero-order valence-corrected chi connectivity index (χ0v) is 17.4. The van der Waals surface area contributed by atoms with Gasteiger partial charge in [0.15, 0.2) is 5.65 Å². The molecule has 6 nitrogen and oxygen atoms in total. The zero-order valence-electron chi connectivity index (χ0n) is 17.4. The molecule has 0 unspecified atom stereocenters. The Bertz CT molecular complexity index is 1100. The van der Waals surface area contributed by atoms with Crippen molar-refractivity contribution in [3.8, 4) is 5.75 Å². The molecule has 0 spiro atoms. The molecule has 1 aromatic carbocycles. The minimum absolute atomic E-state index is 0.0738. The topological polar surface area (TPSA) is 56.5 Å². The Hall–Kier alpha value is -2.94. The van der Waals surface area contributed by atoms with Crippen molar-refractivity contribution in [1.82, 2.24) is 14.6 Å². The molecule has 1 amide bonds. The molecule has 0 radical (unpaired) electrons. The number of nitrogens with zero attached hydrogens (tertiary/aromatic N) is 4. The van der Waals surface area contributed by atoms with Crippen LogP contribution in [0.25, 0.3) is 5.65 Å². The molecule has 9 heteroatoms. The van der Waals surface area contributed by atoms with Crippen molar-refractivity contribution in [2.45, 2.75) is 31.9 Å². The summed E-state index contributed by atoms with van der Waals surface area (Å²) in [6, 6.07) is 9.22. The highest BCUT2D eigenvalue weighted by Crippen LogP contribution is 2.39. The molecule has 31 heavy (non-hydrogen) atoms. The number of amides is 1. The van der Waals surface area contributed by atoms with E-state index in [2.05, 4.69) is 10.2 Å². The molecule has 3 heterocycles. The number of benzene rings is 1. The van der Waals surface area contributed by atoms with E-state index in [1.165, 1.54) is 6.07 Å². The van der Waals surface area contributed by atoms with Gasteiger partial charge in [0.2, 0.25) is 0 Å². The molecular weight excluding hydrogens is 409 g/mol. The normalized spacial score (nSPS) is 21.9. The fraction of sp³-hybridized carbons (Fsp3) is 0.409. The number of piperidine rings is 1. The fourth-order valence-corrected chi connectivity index (χ4v) is 4.27. The number of carbonyl (C=O) groups is 1. The summed E-state index contributed by atoms with van der Waals surface area (Å²) in [6.45, 7) is 3.21. The van der Waals surface area contributed by atoms with Crippen LogP contribution < -0.4 is 4.74 Å².